The number of alkyl halides is 1. The molecule has 0 aliphatic carbocycles. The van der Waals surface area contributed by atoms with Crippen LogP contribution in [0, 0.1) is 0 Å². The van der Waals surface area contributed by atoms with Crippen LogP contribution in [0.2, 0.25) is 0 Å². The van der Waals surface area contributed by atoms with E-state index in [1.165, 1.54) is 5.56 Å². The first-order chi connectivity index (χ1) is 6.40. The van der Waals surface area contributed by atoms with E-state index >= 15 is 0 Å². The van der Waals surface area contributed by atoms with E-state index in [0.717, 1.165) is 17.9 Å². The van der Waals surface area contributed by atoms with Crippen LogP contribution in [0.1, 0.15) is 11.1 Å². The van der Waals surface area contributed by atoms with E-state index in [0.29, 0.717) is 12.5 Å². The van der Waals surface area contributed by atoms with Crippen molar-refractivity contribution in [3.8, 4) is 5.75 Å². The summed E-state index contributed by atoms with van der Waals surface area (Å²) in [6.07, 6.45) is 1.88. The Morgan fingerprint density at radius 1 is 1.46 bits per heavy atom. The molecule has 1 aromatic carbocycles. The van der Waals surface area contributed by atoms with Crippen molar-refractivity contribution in [3.05, 3.63) is 29.3 Å². The lowest BCUT2D eigenvalue weighted by atomic mass is 10.1. The standard InChI is InChI=1S/C10H10ClNO/c11-3-4-13-10-2-1-8-6-12-7-9(8)5-10/h1-2,5,7H,3-4,6H2. The number of halogens is 1. The Bertz CT molecular complexity index is 336. The van der Waals surface area contributed by atoms with Crippen LogP contribution in [-0.4, -0.2) is 18.7 Å². The average molecular weight is 196 g/mol. The third-order valence-corrected chi connectivity index (χ3v) is 2.11. The lowest BCUT2D eigenvalue weighted by Gasteiger charge is -2.04. The van der Waals surface area contributed by atoms with Gasteiger partial charge in [0, 0.05) is 11.8 Å². The summed E-state index contributed by atoms with van der Waals surface area (Å²) in [7, 11) is 0. The Balaban J connectivity index is 2.15. The molecule has 0 aromatic heterocycles. The number of hydrogen-bond donors (Lipinski definition) is 0. The van der Waals surface area contributed by atoms with Gasteiger partial charge in [0.15, 0.2) is 0 Å². The zero-order valence-corrected chi connectivity index (χ0v) is 7.92. The number of fused-ring (bicyclic) bond motifs is 1. The van der Waals surface area contributed by atoms with Crippen LogP contribution in [0.15, 0.2) is 23.2 Å². The fourth-order valence-electron chi connectivity index (χ4n) is 1.33. The molecule has 0 spiro atoms. The lowest BCUT2D eigenvalue weighted by molar-refractivity contribution is 0.342. The summed E-state index contributed by atoms with van der Waals surface area (Å²) in [6, 6.07) is 6.00. The second-order valence-corrected chi connectivity index (χ2v) is 3.25. The number of hydrogen-bond acceptors (Lipinski definition) is 2. The van der Waals surface area contributed by atoms with Crippen molar-refractivity contribution in [1.82, 2.24) is 0 Å². The Morgan fingerprint density at radius 2 is 2.38 bits per heavy atom. The lowest BCUT2D eigenvalue weighted by Crippen LogP contribution is -1.98. The van der Waals surface area contributed by atoms with Crippen molar-refractivity contribution in [2.75, 3.05) is 12.5 Å². The minimum absolute atomic E-state index is 0.519. The maximum atomic E-state index is 5.52. The van der Waals surface area contributed by atoms with E-state index < -0.39 is 0 Å². The van der Waals surface area contributed by atoms with Gasteiger partial charge in [0.25, 0.3) is 0 Å². The molecule has 2 rings (SSSR count). The van der Waals surface area contributed by atoms with Crippen molar-refractivity contribution in [2.24, 2.45) is 4.99 Å². The number of aliphatic imine (C=N–C) groups is 1. The van der Waals surface area contributed by atoms with Gasteiger partial charge in [-0.2, -0.15) is 0 Å². The molecule has 0 atom stereocenters. The third kappa shape index (κ3) is 1.83. The highest BCUT2D eigenvalue weighted by Crippen LogP contribution is 2.20. The number of nitrogens with zero attached hydrogens (tertiary/aromatic N) is 1. The Morgan fingerprint density at radius 3 is 3.23 bits per heavy atom. The SMILES string of the molecule is ClCCOc1ccc2c(c1)C=NC2. The summed E-state index contributed by atoms with van der Waals surface area (Å²) in [4.78, 5) is 4.17. The molecule has 2 nitrogen and oxygen atoms in total. The second-order valence-electron chi connectivity index (χ2n) is 2.87. The maximum absolute atomic E-state index is 5.52. The van der Waals surface area contributed by atoms with Gasteiger partial charge >= 0.3 is 0 Å². The Hall–Kier alpha value is -1.02. The fraction of sp³-hybridized carbons (Fsp3) is 0.300. The zero-order valence-electron chi connectivity index (χ0n) is 7.16. The molecule has 68 valence electrons. The van der Waals surface area contributed by atoms with Gasteiger partial charge in [0.1, 0.15) is 12.4 Å². The zero-order chi connectivity index (χ0) is 9.10. The topological polar surface area (TPSA) is 21.6 Å². The van der Waals surface area contributed by atoms with Crippen LogP contribution in [0.5, 0.6) is 5.75 Å². The summed E-state index contributed by atoms with van der Waals surface area (Å²) < 4.78 is 5.39. The molecule has 1 heterocycles. The first-order valence-electron chi connectivity index (χ1n) is 4.21. The molecule has 0 saturated heterocycles. The molecule has 3 heteroatoms. The van der Waals surface area contributed by atoms with Crippen LogP contribution in [0.4, 0.5) is 0 Å². The molecule has 0 bridgehead atoms. The van der Waals surface area contributed by atoms with Crippen molar-refractivity contribution >= 4 is 17.8 Å². The van der Waals surface area contributed by atoms with Crippen molar-refractivity contribution < 1.29 is 4.74 Å². The highest BCUT2D eigenvalue weighted by atomic mass is 35.5. The molecule has 0 fully saturated rings. The summed E-state index contributed by atoms with van der Waals surface area (Å²) in [5, 5.41) is 0. The Kier molecular flexibility index (Phi) is 2.50. The fourth-order valence-corrected chi connectivity index (χ4v) is 1.40. The molecule has 0 radical (unpaired) electrons. The third-order valence-electron chi connectivity index (χ3n) is 1.96. The number of rotatable bonds is 3. The monoisotopic (exact) mass is 195 g/mol. The van der Waals surface area contributed by atoms with Gasteiger partial charge in [0.05, 0.1) is 12.4 Å². The van der Waals surface area contributed by atoms with E-state index in [1.807, 2.05) is 24.4 Å². The summed E-state index contributed by atoms with van der Waals surface area (Å²) in [5.74, 6) is 1.39. The molecule has 0 saturated carbocycles. The van der Waals surface area contributed by atoms with Gasteiger partial charge in [-0.15, -0.1) is 11.6 Å². The minimum atomic E-state index is 0.519. The minimum Gasteiger partial charge on any atom is -0.492 e. The van der Waals surface area contributed by atoms with E-state index in [1.54, 1.807) is 0 Å². The summed E-state index contributed by atoms with van der Waals surface area (Å²) in [6.45, 7) is 1.35. The molecule has 1 aliphatic heterocycles. The van der Waals surface area contributed by atoms with Crippen molar-refractivity contribution in [2.45, 2.75) is 6.54 Å². The maximum Gasteiger partial charge on any atom is 0.120 e. The van der Waals surface area contributed by atoms with Gasteiger partial charge in [-0.3, -0.25) is 4.99 Å². The van der Waals surface area contributed by atoms with Crippen LogP contribution >= 0.6 is 11.6 Å². The van der Waals surface area contributed by atoms with E-state index in [4.69, 9.17) is 16.3 Å². The largest absolute Gasteiger partial charge is 0.492 e. The molecular formula is C10H10ClNO. The quantitative estimate of drug-likeness (QED) is 0.678. The number of benzene rings is 1. The van der Waals surface area contributed by atoms with Crippen LogP contribution in [-0.2, 0) is 6.54 Å². The highest BCUT2D eigenvalue weighted by Gasteiger charge is 2.06. The van der Waals surface area contributed by atoms with Crippen molar-refractivity contribution in [1.29, 1.82) is 0 Å². The molecule has 13 heavy (non-hydrogen) atoms. The summed E-state index contributed by atoms with van der Waals surface area (Å²) in [5.41, 5.74) is 2.42. The molecule has 0 N–H and O–H groups in total. The van der Waals surface area contributed by atoms with Gasteiger partial charge in [0.2, 0.25) is 0 Å². The van der Waals surface area contributed by atoms with Crippen LogP contribution in [0.3, 0.4) is 0 Å². The smallest absolute Gasteiger partial charge is 0.120 e. The molecule has 1 aliphatic rings. The predicted octanol–water partition coefficient (Wildman–Crippen LogP) is 2.24. The molecule has 0 amide bonds. The predicted molar refractivity (Wildman–Crippen MR) is 54.0 cm³/mol. The first-order valence-corrected chi connectivity index (χ1v) is 4.75. The first kappa shape index (κ1) is 8.57. The van der Waals surface area contributed by atoms with Gasteiger partial charge in [-0.05, 0) is 17.7 Å². The highest BCUT2D eigenvalue weighted by molar-refractivity contribution is 6.18. The molecular weight excluding hydrogens is 186 g/mol. The molecule has 0 unspecified atom stereocenters. The number of ether oxygens (including phenoxy) is 1. The Labute approximate surface area is 82.2 Å². The van der Waals surface area contributed by atoms with E-state index in [9.17, 15) is 0 Å². The molecule has 1 aromatic rings. The van der Waals surface area contributed by atoms with Gasteiger partial charge in [-0.1, -0.05) is 6.07 Å². The van der Waals surface area contributed by atoms with Crippen LogP contribution < -0.4 is 4.74 Å². The summed E-state index contributed by atoms with van der Waals surface area (Å²) >= 11 is 5.52. The average Bonchev–Trinajstić information content (AvgIpc) is 2.61. The second kappa shape index (κ2) is 3.79. The van der Waals surface area contributed by atoms with E-state index in [2.05, 4.69) is 4.99 Å². The van der Waals surface area contributed by atoms with Crippen molar-refractivity contribution in [3.63, 3.8) is 0 Å². The van der Waals surface area contributed by atoms with Gasteiger partial charge < -0.3 is 4.74 Å². The van der Waals surface area contributed by atoms with Gasteiger partial charge in [-0.25, -0.2) is 0 Å². The normalized spacial score (nSPS) is 13.0. The van der Waals surface area contributed by atoms with E-state index in [-0.39, 0.29) is 0 Å². The van der Waals surface area contributed by atoms with Crippen LogP contribution in [0.25, 0.3) is 0 Å².